The molecule has 0 aliphatic carbocycles. The van der Waals surface area contributed by atoms with Gasteiger partial charge < -0.3 is 15.0 Å². The van der Waals surface area contributed by atoms with Crippen LogP contribution in [-0.2, 0) is 4.74 Å². The van der Waals surface area contributed by atoms with Crippen LogP contribution in [0.4, 0.5) is 5.69 Å². The molecule has 0 radical (unpaired) electrons. The molecule has 1 saturated heterocycles. The van der Waals surface area contributed by atoms with Gasteiger partial charge in [-0.2, -0.15) is 0 Å². The number of nitrogens with one attached hydrogen (secondary N) is 1. The molecule has 1 unspecified atom stereocenters. The highest BCUT2D eigenvalue weighted by atomic mass is 16.5. The van der Waals surface area contributed by atoms with Crippen molar-refractivity contribution in [2.75, 3.05) is 32.1 Å². The van der Waals surface area contributed by atoms with E-state index in [0.717, 1.165) is 38.0 Å². The Morgan fingerprint density at radius 2 is 2.40 bits per heavy atom. The summed E-state index contributed by atoms with van der Waals surface area (Å²) in [6, 6.07) is 3.70. The van der Waals surface area contributed by atoms with Gasteiger partial charge in [0.1, 0.15) is 5.69 Å². The Balaban J connectivity index is 1.98. The van der Waals surface area contributed by atoms with E-state index >= 15 is 0 Å². The van der Waals surface area contributed by atoms with Crippen LogP contribution in [0.2, 0.25) is 0 Å². The van der Waals surface area contributed by atoms with Crippen molar-refractivity contribution in [2.45, 2.75) is 32.3 Å². The number of likely N-dealkylation sites (tertiary alicyclic amines) is 1. The number of carbonyl (C=O) groups excluding carboxylic acids is 1. The lowest BCUT2D eigenvalue weighted by Crippen LogP contribution is -2.43. The molecule has 1 atom stereocenters. The summed E-state index contributed by atoms with van der Waals surface area (Å²) in [5.74, 6) is -0.00575. The standard InChI is InChI=1S/C15H23N3O2/c1-3-8-16-12-6-7-14(17-10-12)15(19)18-9-4-5-13(11-18)20-2/h6-7,10,13,16H,3-5,8-9,11H2,1-2H3. The van der Waals surface area contributed by atoms with Crippen molar-refractivity contribution in [2.24, 2.45) is 0 Å². The second-order valence-corrected chi connectivity index (χ2v) is 5.11. The average molecular weight is 277 g/mol. The first-order valence-corrected chi connectivity index (χ1v) is 7.26. The number of rotatable bonds is 5. The fraction of sp³-hybridized carbons (Fsp3) is 0.600. The summed E-state index contributed by atoms with van der Waals surface area (Å²) in [4.78, 5) is 18.5. The topological polar surface area (TPSA) is 54.5 Å². The van der Waals surface area contributed by atoms with Crippen LogP contribution in [0.3, 0.4) is 0 Å². The Bertz CT molecular complexity index is 433. The van der Waals surface area contributed by atoms with Crippen molar-refractivity contribution in [1.82, 2.24) is 9.88 Å². The van der Waals surface area contributed by atoms with Gasteiger partial charge in [0, 0.05) is 26.7 Å². The smallest absolute Gasteiger partial charge is 0.272 e. The molecule has 1 aliphatic rings. The van der Waals surface area contributed by atoms with Gasteiger partial charge in [0.25, 0.3) is 5.91 Å². The molecule has 1 aromatic rings. The van der Waals surface area contributed by atoms with Crippen molar-refractivity contribution < 1.29 is 9.53 Å². The number of ether oxygens (including phenoxy) is 1. The second-order valence-electron chi connectivity index (χ2n) is 5.11. The molecule has 1 aromatic heterocycles. The number of hydrogen-bond acceptors (Lipinski definition) is 4. The minimum atomic E-state index is -0.00575. The fourth-order valence-electron chi connectivity index (χ4n) is 2.37. The lowest BCUT2D eigenvalue weighted by Gasteiger charge is -2.31. The Morgan fingerprint density at radius 3 is 3.05 bits per heavy atom. The number of nitrogens with zero attached hydrogens (tertiary/aromatic N) is 2. The molecule has 110 valence electrons. The van der Waals surface area contributed by atoms with Gasteiger partial charge in [0.05, 0.1) is 18.0 Å². The van der Waals surface area contributed by atoms with Gasteiger partial charge in [-0.15, -0.1) is 0 Å². The predicted octanol–water partition coefficient (Wildman–Crippen LogP) is 2.15. The van der Waals surface area contributed by atoms with Crippen molar-refractivity contribution in [3.05, 3.63) is 24.0 Å². The Hall–Kier alpha value is -1.62. The summed E-state index contributed by atoms with van der Waals surface area (Å²) in [6.07, 6.45) is 4.94. The van der Waals surface area contributed by atoms with Crippen LogP contribution in [0.5, 0.6) is 0 Å². The third kappa shape index (κ3) is 3.70. The first-order chi connectivity index (χ1) is 9.74. The molecule has 5 heteroatoms. The van der Waals surface area contributed by atoms with E-state index in [-0.39, 0.29) is 12.0 Å². The number of amides is 1. The Labute approximate surface area is 120 Å². The Morgan fingerprint density at radius 1 is 1.55 bits per heavy atom. The summed E-state index contributed by atoms with van der Waals surface area (Å²) in [5.41, 5.74) is 1.46. The quantitative estimate of drug-likeness (QED) is 0.896. The number of carbonyl (C=O) groups is 1. The highest BCUT2D eigenvalue weighted by Gasteiger charge is 2.24. The van der Waals surface area contributed by atoms with Gasteiger partial charge >= 0.3 is 0 Å². The maximum atomic E-state index is 12.4. The van der Waals surface area contributed by atoms with Crippen LogP contribution in [0.25, 0.3) is 0 Å². The van der Waals surface area contributed by atoms with Crippen LogP contribution in [0.15, 0.2) is 18.3 Å². The van der Waals surface area contributed by atoms with Crippen molar-refractivity contribution in [1.29, 1.82) is 0 Å². The van der Waals surface area contributed by atoms with E-state index in [1.165, 1.54) is 0 Å². The zero-order chi connectivity index (χ0) is 14.4. The van der Waals surface area contributed by atoms with Crippen molar-refractivity contribution in [3.8, 4) is 0 Å². The average Bonchev–Trinajstić information content (AvgIpc) is 2.52. The van der Waals surface area contributed by atoms with Gasteiger partial charge in [-0.1, -0.05) is 6.92 Å². The molecule has 1 aliphatic heterocycles. The summed E-state index contributed by atoms with van der Waals surface area (Å²) in [7, 11) is 1.70. The molecule has 2 rings (SSSR count). The maximum absolute atomic E-state index is 12.4. The predicted molar refractivity (Wildman–Crippen MR) is 79.0 cm³/mol. The van der Waals surface area contributed by atoms with Crippen molar-refractivity contribution in [3.63, 3.8) is 0 Å². The SMILES string of the molecule is CCCNc1ccc(C(=O)N2CCCC(OC)C2)nc1. The highest BCUT2D eigenvalue weighted by molar-refractivity contribution is 5.92. The number of pyridine rings is 1. The van der Waals surface area contributed by atoms with E-state index in [1.807, 2.05) is 11.0 Å². The number of aromatic nitrogens is 1. The van der Waals surface area contributed by atoms with Gasteiger partial charge in [0.15, 0.2) is 0 Å². The summed E-state index contributed by atoms with van der Waals surface area (Å²) in [6.45, 7) is 4.47. The third-order valence-corrected chi connectivity index (χ3v) is 3.56. The van der Waals surface area contributed by atoms with E-state index in [2.05, 4.69) is 17.2 Å². The molecule has 0 saturated carbocycles. The zero-order valence-electron chi connectivity index (χ0n) is 12.3. The molecule has 0 bridgehead atoms. The van der Waals surface area contributed by atoms with Crippen molar-refractivity contribution >= 4 is 11.6 Å². The summed E-state index contributed by atoms with van der Waals surface area (Å²) in [5, 5.41) is 3.25. The fourth-order valence-corrected chi connectivity index (χ4v) is 2.37. The number of anilines is 1. The number of methoxy groups -OCH3 is 1. The minimum absolute atomic E-state index is 0.00575. The zero-order valence-corrected chi connectivity index (χ0v) is 12.3. The molecule has 20 heavy (non-hydrogen) atoms. The molecule has 1 fully saturated rings. The summed E-state index contributed by atoms with van der Waals surface area (Å²) >= 11 is 0. The molecule has 2 heterocycles. The minimum Gasteiger partial charge on any atom is -0.384 e. The Kier molecular flexibility index (Phi) is 5.35. The maximum Gasteiger partial charge on any atom is 0.272 e. The van der Waals surface area contributed by atoms with Crippen LogP contribution in [-0.4, -0.2) is 48.6 Å². The van der Waals surface area contributed by atoms with Crippen LogP contribution in [0.1, 0.15) is 36.7 Å². The third-order valence-electron chi connectivity index (χ3n) is 3.56. The van der Waals surface area contributed by atoms with E-state index in [9.17, 15) is 4.79 Å². The molecular formula is C15H23N3O2. The second kappa shape index (κ2) is 7.24. The number of piperidine rings is 1. The van der Waals surface area contributed by atoms with Crippen LogP contribution >= 0.6 is 0 Å². The first-order valence-electron chi connectivity index (χ1n) is 7.26. The normalized spacial score (nSPS) is 18.9. The largest absolute Gasteiger partial charge is 0.384 e. The molecule has 1 amide bonds. The van der Waals surface area contributed by atoms with Crippen LogP contribution < -0.4 is 5.32 Å². The summed E-state index contributed by atoms with van der Waals surface area (Å²) < 4.78 is 5.35. The lowest BCUT2D eigenvalue weighted by atomic mass is 10.1. The van der Waals surface area contributed by atoms with E-state index in [0.29, 0.717) is 12.2 Å². The molecule has 1 N–H and O–H groups in total. The molecular weight excluding hydrogens is 254 g/mol. The highest BCUT2D eigenvalue weighted by Crippen LogP contribution is 2.15. The van der Waals surface area contributed by atoms with E-state index < -0.39 is 0 Å². The van der Waals surface area contributed by atoms with Gasteiger partial charge in [-0.05, 0) is 31.4 Å². The first kappa shape index (κ1) is 14.8. The van der Waals surface area contributed by atoms with E-state index in [1.54, 1.807) is 19.4 Å². The lowest BCUT2D eigenvalue weighted by molar-refractivity contribution is 0.0266. The molecule has 5 nitrogen and oxygen atoms in total. The number of hydrogen-bond donors (Lipinski definition) is 1. The van der Waals surface area contributed by atoms with E-state index in [4.69, 9.17) is 4.74 Å². The van der Waals surface area contributed by atoms with Gasteiger partial charge in [-0.25, -0.2) is 4.98 Å². The van der Waals surface area contributed by atoms with Gasteiger partial charge in [0.2, 0.25) is 0 Å². The van der Waals surface area contributed by atoms with Gasteiger partial charge in [-0.3, -0.25) is 4.79 Å². The van der Waals surface area contributed by atoms with Crippen LogP contribution in [0, 0.1) is 0 Å². The monoisotopic (exact) mass is 277 g/mol. The molecule has 0 aromatic carbocycles. The molecule has 0 spiro atoms.